The van der Waals surface area contributed by atoms with Gasteiger partial charge in [0.05, 0.1) is 0 Å². The number of fused-ring (bicyclic) bond motifs is 3. The van der Waals surface area contributed by atoms with E-state index in [1.807, 2.05) is 28.1 Å². The summed E-state index contributed by atoms with van der Waals surface area (Å²) in [6.07, 6.45) is 4.96. The van der Waals surface area contributed by atoms with Crippen molar-refractivity contribution in [3.05, 3.63) is 58.9 Å². The van der Waals surface area contributed by atoms with Gasteiger partial charge in [-0.05, 0) is 66.3 Å². The molecule has 2 heterocycles. The number of thiophene rings is 1. The topological polar surface area (TPSA) is 34.0 Å². The van der Waals surface area contributed by atoms with Gasteiger partial charge in [-0.25, -0.2) is 4.39 Å². The summed E-state index contributed by atoms with van der Waals surface area (Å²) < 4.78 is 15.6. The second kappa shape index (κ2) is 6.23. The smallest absolute Gasteiger partial charge is 0.268 e. The summed E-state index contributed by atoms with van der Waals surface area (Å²) >= 11 is 1.62. The molecule has 0 aliphatic heterocycles. The first-order valence-corrected chi connectivity index (χ1v) is 10.2. The molecule has 134 valence electrons. The van der Waals surface area contributed by atoms with Crippen molar-refractivity contribution >= 4 is 27.5 Å². The number of halogens is 1. The van der Waals surface area contributed by atoms with Crippen LogP contribution in [0, 0.1) is 17.7 Å². The van der Waals surface area contributed by atoms with E-state index in [1.165, 1.54) is 31.4 Å². The number of benzene rings is 1. The lowest BCUT2D eigenvalue weighted by Crippen LogP contribution is -2.39. The Balaban J connectivity index is 1.45. The van der Waals surface area contributed by atoms with Crippen LogP contribution in [0.25, 0.3) is 10.2 Å². The number of aromatic nitrogens is 1. The van der Waals surface area contributed by atoms with E-state index in [1.54, 1.807) is 17.4 Å². The fourth-order valence-electron chi connectivity index (χ4n) is 4.80. The molecule has 1 amide bonds. The summed E-state index contributed by atoms with van der Waals surface area (Å²) in [4.78, 5) is 14.1. The number of hydrogen-bond acceptors (Lipinski definition) is 2. The van der Waals surface area contributed by atoms with E-state index in [9.17, 15) is 9.18 Å². The molecule has 1 N–H and O–H groups in total. The molecular weight excluding hydrogens is 347 g/mol. The first-order valence-electron chi connectivity index (χ1n) is 9.29. The predicted octanol–water partition coefficient (Wildman–Crippen LogP) is 4.81. The Labute approximate surface area is 155 Å². The Bertz CT molecular complexity index is 975. The van der Waals surface area contributed by atoms with Gasteiger partial charge in [0.2, 0.25) is 0 Å². The molecule has 0 spiro atoms. The average Bonchev–Trinajstić information content (AvgIpc) is 3.37. The molecule has 0 unspecified atom stereocenters. The van der Waals surface area contributed by atoms with Crippen molar-refractivity contribution in [2.24, 2.45) is 11.8 Å². The molecule has 2 saturated carbocycles. The number of carbonyl (C=O) groups is 1. The van der Waals surface area contributed by atoms with Crippen LogP contribution >= 0.6 is 11.3 Å². The second-order valence-electron chi connectivity index (χ2n) is 7.68. The monoisotopic (exact) mass is 368 g/mol. The third-order valence-corrected chi connectivity index (χ3v) is 6.97. The molecule has 3 nitrogen and oxygen atoms in total. The maximum absolute atomic E-state index is 13.6. The Morgan fingerprint density at radius 3 is 2.92 bits per heavy atom. The van der Waals surface area contributed by atoms with Crippen LogP contribution in [0.1, 0.15) is 41.7 Å². The van der Waals surface area contributed by atoms with Crippen LogP contribution in [0.15, 0.2) is 41.8 Å². The third kappa shape index (κ3) is 2.75. The van der Waals surface area contributed by atoms with Gasteiger partial charge in [0.25, 0.3) is 5.91 Å². The van der Waals surface area contributed by atoms with Crippen molar-refractivity contribution in [2.75, 3.05) is 0 Å². The van der Waals surface area contributed by atoms with E-state index >= 15 is 0 Å². The van der Waals surface area contributed by atoms with Gasteiger partial charge >= 0.3 is 0 Å². The zero-order chi connectivity index (χ0) is 17.7. The highest BCUT2D eigenvalue weighted by Crippen LogP contribution is 2.44. The second-order valence-corrected chi connectivity index (χ2v) is 8.58. The molecule has 2 aliphatic rings. The molecule has 5 heteroatoms. The maximum atomic E-state index is 13.6. The number of amides is 1. The first-order chi connectivity index (χ1) is 12.7. The Kier molecular flexibility index (Phi) is 3.85. The van der Waals surface area contributed by atoms with Gasteiger partial charge in [-0.3, -0.25) is 4.79 Å². The van der Waals surface area contributed by atoms with E-state index in [4.69, 9.17) is 0 Å². The van der Waals surface area contributed by atoms with Crippen molar-refractivity contribution in [3.63, 3.8) is 0 Å². The lowest BCUT2D eigenvalue weighted by Gasteiger charge is -2.23. The van der Waals surface area contributed by atoms with E-state index in [-0.39, 0.29) is 11.7 Å². The van der Waals surface area contributed by atoms with Crippen LogP contribution in [0.5, 0.6) is 0 Å². The highest BCUT2D eigenvalue weighted by atomic mass is 32.1. The number of nitrogens with zero attached hydrogens (tertiary/aromatic N) is 1. The van der Waals surface area contributed by atoms with Crippen LogP contribution in [-0.4, -0.2) is 16.5 Å². The molecule has 3 aromatic rings. The molecule has 2 bridgehead atoms. The molecule has 26 heavy (non-hydrogen) atoms. The van der Waals surface area contributed by atoms with Gasteiger partial charge < -0.3 is 9.88 Å². The fraction of sp³-hybridized carbons (Fsp3) is 0.381. The zero-order valence-corrected chi connectivity index (χ0v) is 15.3. The Hall–Kier alpha value is -2.14. The minimum absolute atomic E-state index is 0.00218. The number of hydrogen-bond donors (Lipinski definition) is 1. The normalized spacial score (nSPS) is 24.4. The summed E-state index contributed by atoms with van der Waals surface area (Å²) in [5.41, 5.74) is 1.55. The zero-order valence-electron chi connectivity index (χ0n) is 14.5. The first kappa shape index (κ1) is 16.1. The predicted molar refractivity (Wildman–Crippen MR) is 102 cm³/mol. The van der Waals surface area contributed by atoms with Gasteiger partial charge in [0, 0.05) is 18.0 Å². The minimum atomic E-state index is -0.245. The molecule has 2 fully saturated rings. The molecule has 0 radical (unpaired) electrons. The molecule has 2 aromatic heterocycles. The molecule has 1 aromatic carbocycles. The number of rotatable bonds is 4. The molecule has 3 atom stereocenters. The summed E-state index contributed by atoms with van der Waals surface area (Å²) in [5.74, 6) is 1.21. The van der Waals surface area contributed by atoms with Crippen molar-refractivity contribution in [1.29, 1.82) is 0 Å². The van der Waals surface area contributed by atoms with Gasteiger partial charge in [-0.1, -0.05) is 18.6 Å². The summed E-state index contributed by atoms with van der Waals surface area (Å²) in [6, 6.07) is 10.9. The average molecular weight is 368 g/mol. The van der Waals surface area contributed by atoms with Crippen LogP contribution < -0.4 is 5.32 Å². The Morgan fingerprint density at radius 1 is 1.23 bits per heavy atom. The van der Waals surface area contributed by atoms with Crippen LogP contribution in [0.4, 0.5) is 4.39 Å². The van der Waals surface area contributed by atoms with Crippen molar-refractivity contribution in [3.8, 4) is 0 Å². The van der Waals surface area contributed by atoms with Gasteiger partial charge in [0.1, 0.15) is 16.3 Å². The summed E-state index contributed by atoms with van der Waals surface area (Å²) in [7, 11) is 0. The van der Waals surface area contributed by atoms with E-state index in [0.717, 1.165) is 28.1 Å². The van der Waals surface area contributed by atoms with Gasteiger partial charge in [0.15, 0.2) is 0 Å². The SMILES string of the molecule is O=C(N[C@@H]1C[C@H]2CC[C@H]1C2)c1cc2ccsc2n1Cc1cccc(F)c1. The quantitative estimate of drug-likeness (QED) is 0.705. The van der Waals surface area contributed by atoms with Crippen molar-refractivity contribution < 1.29 is 9.18 Å². The van der Waals surface area contributed by atoms with Crippen LogP contribution in [-0.2, 0) is 6.54 Å². The highest BCUT2D eigenvalue weighted by Gasteiger charge is 2.40. The van der Waals surface area contributed by atoms with Crippen LogP contribution in [0.2, 0.25) is 0 Å². The maximum Gasteiger partial charge on any atom is 0.268 e. The Morgan fingerprint density at radius 2 is 2.15 bits per heavy atom. The minimum Gasteiger partial charge on any atom is -0.348 e. The van der Waals surface area contributed by atoms with Gasteiger partial charge in [-0.15, -0.1) is 11.3 Å². The molecule has 5 rings (SSSR count). The lowest BCUT2D eigenvalue weighted by molar-refractivity contribution is 0.0914. The summed E-state index contributed by atoms with van der Waals surface area (Å²) in [6.45, 7) is 0.501. The standard InChI is InChI=1S/C21H21FN2OS/c22-17-3-1-2-14(9-17)12-24-19(11-16-6-7-26-21(16)24)20(25)23-18-10-13-4-5-15(18)8-13/h1-3,6-7,9,11,13,15,18H,4-5,8,10,12H2,(H,23,25)/t13-,15-,18+/m0/s1. The van der Waals surface area contributed by atoms with Gasteiger partial charge in [-0.2, -0.15) is 0 Å². The van der Waals surface area contributed by atoms with E-state index < -0.39 is 0 Å². The largest absolute Gasteiger partial charge is 0.348 e. The number of nitrogens with one attached hydrogen (secondary N) is 1. The fourth-order valence-corrected chi connectivity index (χ4v) is 5.70. The molecule has 2 aliphatic carbocycles. The molecular formula is C21H21FN2OS. The highest BCUT2D eigenvalue weighted by molar-refractivity contribution is 7.16. The van der Waals surface area contributed by atoms with E-state index in [0.29, 0.717) is 24.2 Å². The van der Waals surface area contributed by atoms with Crippen molar-refractivity contribution in [2.45, 2.75) is 38.3 Å². The molecule has 0 saturated heterocycles. The third-order valence-electron chi connectivity index (χ3n) is 6.02. The summed E-state index contributed by atoms with van der Waals surface area (Å²) in [5, 5.41) is 6.39. The van der Waals surface area contributed by atoms with E-state index in [2.05, 4.69) is 5.32 Å². The lowest BCUT2D eigenvalue weighted by atomic mass is 9.95. The van der Waals surface area contributed by atoms with Crippen LogP contribution in [0.3, 0.4) is 0 Å². The number of carbonyl (C=O) groups excluding carboxylic acids is 1. The van der Waals surface area contributed by atoms with Crippen molar-refractivity contribution in [1.82, 2.24) is 9.88 Å².